The Morgan fingerprint density at radius 2 is 1.84 bits per heavy atom. The minimum Gasteiger partial charge on any atom is -0.354 e. The maximum absolute atomic E-state index is 13.0. The number of aryl methyl sites for hydroxylation is 1. The molecule has 2 aromatic heterocycles. The van der Waals surface area contributed by atoms with E-state index in [-0.39, 0.29) is 5.82 Å². The van der Waals surface area contributed by atoms with Crippen LogP contribution in [0.5, 0.6) is 0 Å². The summed E-state index contributed by atoms with van der Waals surface area (Å²) in [5, 5.41) is 4.32. The summed E-state index contributed by atoms with van der Waals surface area (Å²) in [4.78, 5) is 13.5. The van der Waals surface area contributed by atoms with Gasteiger partial charge in [0.2, 0.25) is 0 Å². The van der Waals surface area contributed by atoms with Gasteiger partial charge in [0.25, 0.3) is 5.78 Å². The maximum atomic E-state index is 13.0. The van der Waals surface area contributed by atoms with Crippen molar-refractivity contribution in [3.63, 3.8) is 0 Å². The van der Waals surface area contributed by atoms with Gasteiger partial charge >= 0.3 is 0 Å². The molecule has 0 unspecified atom stereocenters. The Bertz CT molecular complexity index is 852. The van der Waals surface area contributed by atoms with E-state index in [0.29, 0.717) is 5.78 Å². The summed E-state index contributed by atoms with van der Waals surface area (Å²) in [5.41, 5.74) is 2.18. The summed E-state index contributed by atoms with van der Waals surface area (Å²) in [5.74, 6) is 1.53. The molecule has 1 fully saturated rings. The van der Waals surface area contributed by atoms with E-state index in [1.165, 1.54) is 12.1 Å². The molecule has 6 nitrogen and oxygen atoms in total. The Balaban J connectivity index is 1.46. The Kier molecular flexibility index (Phi) is 4.31. The van der Waals surface area contributed by atoms with Crippen LogP contribution in [0.3, 0.4) is 0 Å². The number of nitrogens with zero attached hydrogens (tertiary/aromatic N) is 6. The summed E-state index contributed by atoms with van der Waals surface area (Å²) in [6.45, 7) is 6.70. The number of hydrogen-bond donors (Lipinski definition) is 0. The average Bonchev–Trinajstić information content (AvgIpc) is 3.12. The average molecular weight is 340 g/mol. The molecule has 0 N–H and O–H groups in total. The topological polar surface area (TPSA) is 49.6 Å². The zero-order valence-electron chi connectivity index (χ0n) is 14.3. The fraction of sp³-hybridized carbons (Fsp3) is 0.389. The molecule has 1 aromatic carbocycles. The van der Waals surface area contributed by atoms with Crippen molar-refractivity contribution in [2.75, 3.05) is 31.1 Å². The van der Waals surface area contributed by atoms with Crippen molar-refractivity contribution in [1.29, 1.82) is 0 Å². The Hall–Kier alpha value is -2.54. The van der Waals surface area contributed by atoms with Crippen LogP contribution in [0.1, 0.15) is 18.2 Å². The number of anilines is 1. The Morgan fingerprint density at radius 1 is 1.08 bits per heavy atom. The van der Waals surface area contributed by atoms with Gasteiger partial charge in [0.15, 0.2) is 0 Å². The third kappa shape index (κ3) is 3.32. The minimum atomic E-state index is -0.185. The molecule has 0 bridgehead atoms. The predicted molar refractivity (Wildman–Crippen MR) is 94.1 cm³/mol. The minimum absolute atomic E-state index is 0.185. The summed E-state index contributed by atoms with van der Waals surface area (Å²) in [6, 6.07) is 8.87. The van der Waals surface area contributed by atoms with Crippen molar-refractivity contribution in [3.05, 3.63) is 53.7 Å². The molecular formula is C18H21FN6. The van der Waals surface area contributed by atoms with Crippen LogP contribution in [0.2, 0.25) is 0 Å². The van der Waals surface area contributed by atoms with Gasteiger partial charge in [0.1, 0.15) is 18.0 Å². The van der Waals surface area contributed by atoms with Crippen molar-refractivity contribution < 1.29 is 4.39 Å². The third-order valence-corrected chi connectivity index (χ3v) is 4.66. The number of hydrogen-bond acceptors (Lipinski definition) is 5. The number of rotatable bonds is 4. The van der Waals surface area contributed by atoms with Gasteiger partial charge in [-0.05, 0) is 24.1 Å². The number of benzene rings is 1. The van der Waals surface area contributed by atoms with Crippen molar-refractivity contribution in [2.45, 2.75) is 19.9 Å². The second-order valence-electron chi connectivity index (χ2n) is 6.32. The first-order chi connectivity index (χ1) is 12.2. The molecule has 3 heterocycles. The lowest BCUT2D eigenvalue weighted by Crippen LogP contribution is -2.46. The molecule has 1 aliphatic rings. The standard InChI is InChI=1S/C18H21FN6/c1-2-16-11-17(25-18(22-16)20-13-21-25)24-9-7-23(8-10-24)12-14-3-5-15(19)6-4-14/h3-6,11,13H,2,7-10,12H2,1H3. The van der Waals surface area contributed by atoms with E-state index in [4.69, 9.17) is 0 Å². The SMILES string of the molecule is CCc1cc(N2CCN(Cc3ccc(F)cc3)CC2)n2ncnc2n1. The third-order valence-electron chi connectivity index (χ3n) is 4.66. The second kappa shape index (κ2) is 6.76. The van der Waals surface area contributed by atoms with Crippen LogP contribution >= 0.6 is 0 Å². The monoisotopic (exact) mass is 340 g/mol. The van der Waals surface area contributed by atoms with E-state index in [2.05, 4.69) is 37.9 Å². The molecule has 7 heteroatoms. The van der Waals surface area contributed by atoms with E-state index in [1.54, 1.807) is 6.33 Å². The highest BCUT2D eigenvalue weighted by Crippen LogP contribution is 2.19. The Morgan fingerprint density at radius 3 is 2.56 bits per heavy atom. The van der Waals surface area contributed by atoms with Gasteiger partial charge in [0.05, 0.1) is 0 Å². The van der Waals surface area contributed by atoms with Gasteiger partial charge in [-0.15, -0.1) is 0 Å². The van der Waals surface area contributed by atoms with Gasteiger partial charge in [-0.2, -0.15) is 14.6 Å². The summed E-state index contributed by atoms with van der Waals surface area (Å²) in [7, 11) is 0. The van der Waals surface area contributed by atoms with Crippen LogP contribution in [-0.4, -0.2) is 50.7 Å². The lowest BCUT2D eigenvalue weighted by molar-refractivity contribution is 0.249. The fourth-order valence-corrected chi connectivity index (χ4v) is 3.23. The molecule has 1 saturated heterocycles. The van der Waals surface area contributed by atoms with Gasteiger partial charge in [-0.1, -0.05) is 19.1 Å². The number of piperazine rings is 1. The largest absolute Gasteiger partial charge is 0.354 e. The normalized spacial score (nSPS) is 15.8. The van der Waals surface area contributed by atoms with Crippen molar-refractivity contribution >= 4 is 11.6 Å². The highest BCUT2D eigenvalue weighted by molar-refractivity contribution is 5.47. The summed E-state index contributed by atoms with van der Waals surface area (Å²) < 4.78 is 14.8. The van der Waals surface area contributed by atoms with Gasteiger partial charge in [-0.3, -0.25) is 4.90 Å². The van der Waals surface area contributed by atoms with E-state index in [0.717, 1.165) is 56.2 Å². The van der Waals surface area contributed by atoms with Crippen molar-refractivity contribution in [2.24, 2.45) is 0 Å². The van der Waals surface area contributed by atoms with Crippen LogP contribution in [0, 0.1) is 5.82 Å². The van der Waals surface area contributed by atoms with E-state index < -0.39 is 0 Å². The Labute approximate surface area is 145 Å². The fourth-order valence-electron chi connectivity index (χ4n) is 3.23. The molecule has 3 aromatic rings. The number of halogens is 1. The zero-order valence-corrected chi connectivity index (χ0v) is 14.3. The van der Waals surface area contributed by atoms with Crippen LogP contribution in [0.25, 0.3) is 5.78 Å². The highest BCUT2D eigenvalue weighted by atomic mass is 19.1. The molecule has 0 saturated carbocycles. The lowest BCUT2D eigenvalue weighted by Gasteiger charge is -2.36. The molecule has 0 radical (unpaired) electrons. The van der Waals surface area contributed by atoms with Gasteiger partial charge in [0, 0.05) is 44.5 Å². The first-order valence-corrected chi connectivity index (χ1v) is 8.64. The summed E-state index contributed by atoms with van der Waals surface area (Å²) in [6.07, 6.45) is 2.43. The second-order valence-corrected chi connectivity index (χ2v) is 6.32. The van der Waals surface area contributed by atoms with E-state index in [9.17, 15) is 4.39 Å². The lowest BCUT2D eigenvalue weighted by atomic mass is 10.2. The van der Waals surface area contributed by atoms with Crippen LogP contribution < -0.4 is 4.90 Å². The number of aromatic nitrogens is 4. The number of fused-ring (bicyclic) bond motifs is 1. The van der Waals surface area contributed by atoms with E-state index >= 15 is 0 Å². The van der Waals surface area contributed by atoms with E-state index in [1.807, 2.05) is 16.6 Å². The van der Waals surface area contributed by atoms with Crippen LogP contribution in [0.15, 0.2) is 36.7 Å². The molecule has 0 aliphatic carbocycles. The van der Waals surface area contributed by atoms with Crippen molar-refractivity contribution in [3.8, 4) is 0 Å². The first kappa shape index (κ1) is 16.0. The molecule has 130 valence electrons. The smallest absolute Gasteiger partial charge is 0.254 e. The molecular weight excluding hydrogens is 319 g/mol. The van der Waals surface area contributed by atoms with Gasteiger partial charge in [-0.25, -0.2) is 9.37 Å². The molecule has 0 spiro atoms. The quantitative estimate of drug-likeness (QED) is 0.728. The maximum Gasteiger partial charge on any atom is 0.254 e. The zero-order chi connectivity index (χ0) is 17.2. The molecule has 0 amide bonds. The summed E-state index contributed by atoms with van der Waals surface area (Å²) >= 11 is 0. The van der Waals surface area contributed by atoms with Crippen LogP contribution in [0.4, 0.5) is 10.2 Å². The van der Waals surface area contributed by atoms with Crippen molar-refractivity contribution in [1.82, 2.24) is 24.5 Å². The molecule has 0 atom stereocenters. The molecule has 4 rings (SSSR count). The van der Waals surface area contributed by atoms with Gasteiger partial charge < -0.3 is 4.90 Å². The highest BCUT2D eigenvalue weighted by Gasteiger charge is 2.20. The predicted octanol–water partition coefficient (Wildman–Crippen LogP) is 2.15. The molecule has 25 heavy (non-hydrogen) atoms. The van der Waals surface area contributed by atoms with Crippen LogP contribution in [-0.2, 0) is 13.0 Å². The molecule has 1 aliphatic heterocycles. The first-order valence-electron chi connectivity index (χ1n) is 8.64.